The van der Waals surface area contributed by atoms with Crippen molar-refractivity contribution in [3.05, 3.63) is 52.6 Å². The molecule has 3 rings (SSSR count). The third-order valence-electron chi connectivity index (χ3n) is 3.62. The summed E-state index contributed by atoms with van der Waals surface area (Å²) in [5, 5.41) is 8.52. The van der Waals surface area contributed by atoms with Gasteiger partial charge in [0.25, 0.3) is 5.91 Å². The molecule has 7 heteroatoms. The van der Waals surface area contributed by atoms with E-state index >= 15 is 0 Å². The van der Waals surface area contributed by atoms with Crippen LogP contribution in [0.4, 0.5) is 11.4 Å². The molecule has 0 unspecified atom stereocenters. The zero-order valence-corrected chi connectivity index (χ0v) is 15.0. The van der Waals surface area contributed by atoms with Gasteiger partial charge in [0.2, 0.25) is 5.91 Å². The van der Waals surface area contributed by atoms with Gasteiger partial charge in [-0.2, -0.15) is 0 Å². The number of carbonyl (C=O) groups is 2. The second-order valence-electron chi connectivity index (χ2n) is 5.69. The normalized spacial score (nSPS) is 10.5. The van der Waals surface area contributed by atoms with E-state index in [0.717, 1.165) is 16.3 Å². The number of aromatic nitrogens is 2. The highest BCUT2D eigenvalue weighted by Gasteiger charge is 2.14. The Labute approximate surface area is 149 Å². The predicted molar refractivity (Wildman–Crippen MR) is 100.0 cm³/mol. The Kier molecular flexibility index (Phi) is 4.67. The van der Waals surface area contributed by atoms with E-state index in [4.69, 9.17) is 0 Å². The maximum Gasteiger partial charge on any atom is 0.272 e. The Morgan fingerprint density at radius 3 is 2.32 bits per heavy atom. The summed E-state index contributed by atoms with van der Waals surface area (Å²) in [6, 6.07) is 8.81. The maximum atomic E-state index is 12.5. The van der Waals surface area contributed by atoms with Crippen LogP contribution in [0.1, 0.15) is 22.4 Å². The summed E-state index contributed by atoms with van der Waals surface area (Å²) in [5.74, 6) is -0.335. The van der Waals surface area contributed by atoms with Crippen LogP contribution in [0.25, 0.3) is 11.3 Å². The first-order valence-corrected chi connectivity index (χ1v) is 8.58. The molecule has 0 saturated heterocycles. The molecule has 2 amide bonds. The largest absolute Gasteiger partial charge is 0.346 e. The van der Waals surface area contributed by atoms with Gasteiger partial charge in [0.1, 0.15) is 5.69 Å². The van der Waals surface area contributed by atoms with Crippen molar-refractivity contribution in [2.75, 3.05) is 10.6 Å². The standard InChI is InChI=1S/C18H18N4O2S/c1-11(23)19-14-4-6-15(7-5-14)21-18(24)17-8-13(9-22(17)3)16-10-25-12(2)20-16/h4-10H,1-3H3,(H,19,23)(H,21,24). The lowest BCUT2D eigenvalue weighted by Crippen LogP contribution is -2.15. The van der Waals surface area contributed by atoms with Gasteiger partial charge in [-0.15, -0.1) is 11.3 Å². The molecule has 0 aliphatic heterocycles. The number of hydrogen-bond donors (Lipinski definition) is 2. The summed E-state index contributed by atoms with van der Waals surface area (Å²) in [5.41, 5.74) is 3.68. The van der Waals surface area contributed by atoms with Crippen molar-refractivity contribution in [3.8, 4) is 11.3 Å². The molecule has 2 heterocycles. The number of amides is 2. The highest BCUT2D eigenvalue weighted by atomic mass is 32.1. The van der Waals surface area contributed by atoms with E-state index < -0.39 is 0 Å². The van der Waals surface area contributed by atoms with E-state index in [1.54, 1.807) is 40.2 Å². The summed E-state index contributed by atoms with van der Waals surface area (Å²) in [7, 11) is 1.83. The van der Waals surface area contributed by atoms with Crippen LogP contribution in [0.5, 0.6) is 0 Å². The quantitative estimate of drug-likeness (QED) is 0.750. The number of thiazole rings is 1. The summed E-state index contributed by atoms with van der Waals surface area (Å²) < 4.78 is 1.78. The summed E-state index contributed by atoms with van der Waals surface area (Å²) in [6.45, 7) is 3.40. The zero-order chi connectivity index (χ0) is 18.0. The van der Waals surface area contributed by atoms with Crippen LogP contribution in [0, 0.1) is 6.92 Å². The number of nitrogens with one attached hydrogen (secondary N) is 2. The van der Waals surface area contributed by atoms with E-state index in [1.165, 1.54) is 6.92 Å². The van der Waals surface area contributed by atoms with Crippen molar-refractivity contribution in [3.63, 3.8) is 0 Å². The molecule has 1 aromatic carbocycles. The molecule has 0 aliphatic carbocycles. The number of carbonyl (C=O) groups excluding carboxylic acids is 2. The fourth-order valence-electron chi connectivity index (χ4n) is 2.46. The predicted octanol–water partition coefficient (Wildman–Crippen LogP) is 3.67. The number of aryl methyl sites for hydroxylation is 2. The fourth-order valence-corrected chi connectivity index (χ4v) is 3.08. The van der Waals surface area contributed by atoms with Gasteiger partial charge in [0.05, 0.1) is 10.7 Å². The lowest BCUT2D eigenvalue weighted by molar-refractivity contribution is -0.114. The first-order valence-electron chi connectivity index (χ1n) is 7.70. The van der Waals surface area contributed by atoms with Crippen LogP contribution in [-0.4, -0.2) is 21.4 Å². The summed E-state index contributed by atoms with van der Waals surface area (Å²) in [4.78, 5) is 28.0. The molecule has 2 aromatic heterocycles. The lowest BCUT2D eigenvalue weighted by Gasteiger charge is -2.07. The Hall–Kier alpha value is -2.93. The van der Waals surface area contributed by atoms with E-state index in [9.17, 15) is 9.59 Å². The SMILES string of the molecule is CC(=O)Nc1ccc(NC(=O)c2cc(-c3csc(C)n3)cn2C)cc1. The van der Waals surface area contributed by atoms with E-state index in [2.05, 4.69) is 15.6 Å². The number of rotatable bonds is 4. The van der Waals surface area contributed by atoms with Crippen molar-refractivity contribution in [2.24, 2.45) is 7.05 Å². The van der Waals surface area contributed by atoms with Crippen molar-refractivity contribution >= 4 is 34.5 Å². The Morgan fingerprint density at radius 2 is 1.76 bits per heavy atom. The molecule has 0 fully saturated rings. The molecule has 0 aliphatic rings. The monoisotopic (exact) mass is 354 g/mol. The minimum Gasteiger partial charge on any atom is -0.346 e. The van der Waals surface area contributed by atoms with E-state index in [1.807, 2.05) is 31.6 Å². The second kappa shape index (κ2) is 6.90. The molecule has 128 valence electrons. The van der Waals surface area contributed by atoms with Crippen LogP contribution in [-0.2, 0) is 11.8 Å². The van der Waals surface area contributed by atoms with Crippen molar-refractivity contribution in [1.29, 1.82) is 0 Å². The van der Waals surface area contributed by atoms with Gasteiger partial charge in [-0.1, -0.05) is 0 Å². The average Bonchev–Trinajstić information content (AvgIpc) is 3.14. The van der Waals surface area contributed by atoms with Crippen LogP contribution < -0.4 is 10.6 Å². The second-order valence-corrected chi connectivity index (χ2v) is 6.75. The van der Waals surface area contributed by atoms with E-state index in [-0.39, 0.29) is 11.8 Å². The Morgan fingerprint density at radius 1 is 1.12 bits per heavy atom. The van der Waals surface area contributed by atoms with E-state index in [0.29, 0.717) is 17.1 Å². The minimum absolute atomic E-state index is 0.134. The maximum absolute atomic E-state index is 12.5. The summed E-state index contributed by atoms with van der Waals surface area (Å²) >= 11 is 1.58. The first-order chi connectivity index (χ1) is 11.9. The fraction of sp³-hybridized carbons (Fsp3) is 0.167. The van der Waals surface area contributed by atoms with Crippen LogP contribution >= 0.6 is 11.3 Å². The zero-order valence-electron chi connectivity index (χ0n) is 14.2. The van der Waals surface area contributed by atoms with Crippen molar-refractivity contribution in [1.82, 2.24) is 9.55 Å². The molecule has 0 atom stereocenters. The van der Waals surface area contributed by atoms with Crippen molar-refractivity contribution < 1.29 is 9.59 Å². The lowest BCUT2D eigenvalue weighted by atomic mass is 10.2. The topological polar surface area (TPSA) is 76.0 Å². The molecular weight excluding hydrogens is 336 g/mol. The number of anilines is 2. The smallest absolute Gasteiger partial charge is 0.272 e. The van der Waals surface area contributed by atoms with Gasteiger partial charge in [0.15, 0.2) is 0 Å². The molecule has 0 spiro atoms. The van der Waals surface area contributed by atoms with Gasteiger partial charge < -0.3 is 15.2 Å². The van der Waals surface area contributed by atoms with Crippen LogP contribution in [0.3, 0.4) is 0 Å². The van der Waals surface area contributed by atoms with Gasteiger partial charge in [0, 0.05) is 42.5 Å². The molecule has 0 saturated carbocycles. The molecule has 3 aromatic rings. The minimum atomic E-state index is -0.201. The highest BCUT2D eigenvalue weighted by Crippen LogP contribution is 2.24. The van der Waals surface area contributed by atoms with Crippen molar-refractivity contribution in [2.45, 2.75) is 13.8 Å². The number of hydrogen-bond acceptors (Lipinski definition) is 4. The average molecular weight is 354 g/mol. The Bertz CT molecular complexity index is 925. The van der Waals surface area contributed by atoms with Gasteiger partial charge in [-0.05, 0) is 37.3 Å². The molecule has 0 bridgehead atoms. The van der Waals surface area contributed by atoms with Gasteiger partial charge >= 0.3 is 0 Å². The van der Waals surface area contributed by atoms with Gasteiger partial charge in [-0.25, -0.2) is 4.98 Å². The highest BCUT2D eigenvalue weighted by molar-refractivity contribution is 7.09. The number of nitrogens with zero attached hydrogens (tertiary/aromatic N) is 2. The molecule has 6 nitrogen and oxygen atoms in total. The van der Waals surface area contributed by atoms with Crippen LogP contribution in [0.15, 0.2) is 41.9 Å². The molecule has 2 N–H and O–H groups in total. The first kappa shape index (κ1) is 16.9. The van der Waals surface area contributed by atoms with Gasteiger partial charge in [-0.3, -0.25) is 9.59 Å². The molecule has 25 heavy (non-hydrogen) atoms. The van der Waals surface area contributed by atoms with Crippen LogP contribution in [0.2, 0.25) is 0 Å². The third-order valence-corrected chi connectivity index (χ3v) is 4.39. The Balaban J connectivity index is 1.75. The molecule has 0 radical (unpaired) electrons. The summed E-state index contributed by atoms with van der Waals surface area (Å²) in [6.07, 6.45) is 1.89. The number of benzene rings is 1. The molecular formula is C18H18N4O2S. The third kappa shape index (κ3) is 3.95.